The van der Waals surface area contributed by atoms with Gasteiger partial charge in [0.25, 0.3) is 0 Å². The Morgan fingerprint density at radius 2 is 1.52 bits per heavy atom. The fraction of sp³-hybridized carbons (Fsp3) is 0.150. The first-order chi connectivity index (χ1) is 11.2. The smallest absolute Gasteiger partial charge is 0.165 e. The van der Waals surface area contributed by atoms with Crippen molar-refractivity contribution in [1.29, 1.82) is 0 Å². The number of hydrogen-bond acceptors (Lipinski definition) is 2. The van der Waals surface area contributed by atoms with E-state index < -0.39 is 5.82 Å². The SMILES string of the molecule is CCC(c1ccncc1)c1ccc(-c2ccc(O)c(F)c2)cc1. The van der Waals surface area contributed by atoms with Gasteiger partial charge in [0.05, 0.1) is 0 Å². The fourth-order valence-electron chi connectivity index (χ4n) is 2.85. The highest BCUT2D eigenvalue weighted by Gasteiger charge is 2.12. The fourth-order valence-corrected chi connectivity index (χ4v) is 2.85. The van der Waals surface area contributed by atoms with Crippen molar-refractivity contribution in [1.82, 2.24) is 4.98 Å². The number of benzene rings is 2. The van der Waals surface area contributed by atoms with Crippen LogP contribution in [0.4, 0.5) is 4.39 Å². The second-order valence-corrected chi connectivity index (χ2v) is 5.53. The zero-order valence-corrected chi connectivity index (χ0v) is 12.9. The number of halogens is 1. The van der Waals surface area contributed by atoms with Gasteiger partial charge in [0.1, 0.15) is 0 Å². The van der Waals surface area contributed by atoms with Crippen LogP contribution in [-0.4, -0.2) is 10.1 Å². The molecule has 3 rings (SSSR count). The Hall–Kier alpha value is -2.68. The first-order valence-corrected chi connectivity index (χ1v) is 7.68. The molecular formula is C20H18FNO. The third kappa shape index (κ3) is 3.24. The summed E-state index contributed by atoms with van der Waals surface area (Å²) >= 11 is 0. The number of rotatable bonds is 4. The lowest BCUT2D eigenvalue weighted by Gasteiger charge is -2.16. The Kier molecular flexibility index (Phi) is 4.38. The Labute approximate surface area is 135 Å². The maximum atomic E-state index is 13.5. The standard InChI is InChI=1S/C20H18FNO/c1-2-18(16-9-11-22-12-10-16)15-5-3-14(4-6-15)17-7-8-20(23)19(21)13-17/h3-13,18,23H,2H2,1H3. The number of pyridine rings is 1. The van der Waals surface area contributed by atoms with Crippen LogP contribution in [0.2, 0.25) is 0 Å². The molecule has 0 aliphatic carbocycles. The minimum atomic E-state index is -0.602. The van der Waals surface area contributed by atoms with Crippen LogP contribution in [-0.2, 0) is 0 Å². The molecule has 0 fully saturated rings. The highest BCUT2D eigenvalue weighted by Crippen LogP contribution is 2.30. The molecule has 1 unspecified atom stereocenters. The lowest BCUT2D eigenvalue weighted by Crippen LogP contribution is -1.99. The third-order valence-electron chi connectivity index (χ3n) is 4.11. The zero-order chi connectivity index (χ0) is 16.2. The summed E-state index contributed by atoms with van der Waals surface area (Å²) in [5.74, 6) is -0.604. The van der Waals surface area contributed by atoms with Crippen molar-refractivity contribution < 1.29 is 9.50 Å². The van der Waals surface area contributed by atoms with Crippen LogP contribution in [0.1, 0.15) is 30.4 Å². The van der Waals surface area contributed by atoms with E-state index in [0.717, 1.165) is 17.5 Å². The van der Waals surface area contributed by atoms with E-state index in [4.69, 9.17) is 0 Å². The maximum Gasteiger partial charge on any atom is 0.165 e. The van der Waals surface area contributed by atoms with Crippen molar-refractivity contribution in [3.8, 4) is 16.9 Å². The van der Waals surface area contributed by atoms with Crippen molar-refractivity contribution in [2.24, 2.45) is 0 Å². The van der Waals surface area contributed by atoms with E-state index in [9.17, 15) is 9.50 Å². The number of aromatic nitrogens is 1. The van der Waals surface area contributed by atoms with Crippen molar-refractivity contribution in [3.63, 3.8) is 0 Å². The summed E-state index contributed by atoms with van der Waals surface area (Å²) in [6.07, 6.45) is 4.62. The van der Waals surface area contributed by atoms with Crippen LogP contribution >= 0.6 is 0 Å². The molecule has 2 nitrogen and oxygen atoms in total. The van der Waals surface area contributed by atoms with Crippen LogP contribution in [0.3, 0.4) is 0 Å². The summed E-state index contributed by atoms with van der Waals surface area (Å²) in [5.41, 5.74) is 4.15. The zero-order valence-electron chi connectivity index (χ0n) is 12.9. The first kappa shape index (κ1) is 15.2. The van der Waals surface area contributed by atoms with E-state index in [2.05, 4.69) is 24.0 Å². The van der Waals surface area contributed by atoms with Gasteiger partial charge in [0.2, 0.25) is 0 Å². The molecule has 116 valence electrons. The molecule has 1 atom stereocenters. The molecule has 0 bridgehead atoms. The number of aromatic hydroxyl groups is 1. The highest BCUT2D eigenvalue weighted by atomic mass is 19.1. The Morgan fingerprint density at radius 3 is 2.13 bits per heavy atom. The average Bonchev–Trinajstić information content (AvgIpc) is 2.60. The van der Waals surface area contributed by atoms with Gasteiger partial charge in [-0.2, -0.15) is 0 Å². The minimum absolute atomic E-state index is 0.323. The van der Waals surface area contributed by atoms with Gasteiger partial charge in [0.15, 0.2) is 11.6 Å². The lowest BCUT2D eigenvalue weighted by atomic mass is 9.89. The minimum Gasteiger partial charge on any atom is -0.505 e. The number of phenols is 1. The quantitative estimate of drug-likeness (QED) is 0.724. The monoisotopic (exact) mass is 307 g/mol. The number of nitrogens with zero attached hydrogens (tertiary/aromatic N) is 1. The molecule has 3 heteroatoms. The average molecular weight is 307 g/mol. The molecule has 0 amide bonds. The molecule has 0 spiro atoms. The first-order valence-electron chi connectivity index (χ1n) is 7.68. The van der Waals surface area contributed by atoms with Crippen LogP contribution in [0.5, 0.6) is 5.75 Å². The van der Waals surface area contributed by atoms with Crippen molar-refractivity contribution >= 4 is 0 Å². The predicted octanol–water partition coefficient (Wildman–Crippen LogP) is 5.14. The van der Waals surface area contributed by atoms with E-state index in [1.54, 1.807) is 6.07 Å². The second kappa shape index (κ2) is 6.61. The third-order valence-corrected chi connectivity index (χ3v) is 4.11. The number of phenolic OH excluding ortho intramolecular Hbond substituents is 1. The molecule has 1 heterocycles. The summed E-state index contributed by atoms with van der Waals surface area (Å²) in [6.45, 7) is 2.16. The molecule has 0 aliphatic rings. The van der Waals surface area contributed by atoms with Gasteiger partial charge in [-0.3, -0.25) is 4.98 Å². The topological polar surface area (TPSA) is 33.1 Å². The highest BCUT2D eigenvalue weighted by molar-refractivity contribution is 5.64. The van der Waals surface area contributed by atoms with E-state index >= 15 is 0 Å². The molecule has 1 aromatic heterocycles. The van der Waals surface area contributed by atoms with Gasteiger partial charge < -0.3 is 5.11 Å². The molecule has 1 N–H and O–H groups in total. The maximum absolute atomic E-state index is 13.5. The molecule has 0 saturated carbocycles. The number of hydrogen-bond donors (Lipinski definition) is 1. The van der Waals surface area contributed by atoms with Gasteiger partial charge >= 0.3 is 0 Å². The van der Waals surface area contributed by atoms with Crippen molar-refractivity contribution in [2.45, 2.75) is 19.3 Å². The Balaban J connectivity index is 1.90. The van der Waals surface area contributed by atoms with E-state index in [1.165, 1.54) is 23.3 Å². The summed E-state index contributed by atoms with van der Waals surface area (Å²) in [5, 5.41) is 9.29. The van der Waals surface area contributed by atoms with Crippen molar-refractivity contribution in [3.05, 3.63) is 83.9 Å². The van der Waals surface area contributed by atoms with Gasteiger partial charge in [0, 0.05) is 18.3 Å². The molecule has 0 radical (unpaired) electrons. The molecule has 0 saturated heterocycles. The molecule has 2 aromatic carbocycles. The second-order valence-electron chi connectivity index (χ2n) is 5.53. The predicted molar refractivity (Wildman–Crippen MR) is 89.9 cm³/mol. The lowest BCUT2D eigenvalue weighted by molar-refractivity contribution is 0.432. The van der Waals surface area contributed by atoms with Crippen LogP contribution in [0.15, 0.2) is 67.0 Å². The van der Waals surface area contributed by atoms with Gasteiger partial charge in [-0.25, -0.2) is 4.39 Å². The summed E-state index contributed by atoms with van der Waals surface area (Å²) in [6, 6.07) is 16.7. The molecule has 0 aliphatic heterocycles. The molecule has 23 heavy (non-hydrogen) atoms. The van der Waals surface area contributed by atoms with Crippen molar-refractivity contribution in [2.75, 3.05) is 0 Å². The van der Waals surface area contributed by atoms with E-state index in [0.29, 0.717) is 5.92 Å². The van der Waals surface area contributed by atoms with Crippen LogP contribution in [0, 0.1) is 5.82 Å². The molecule has 3 aromatic rings. The van der Waals surface area contributed by atoms with Gasteiger partial charge in [-0.05, 0) is 52.9 Å². The Morgan fingerprint density at radius 1 is 0.913 bits per heavy atom. The van der Waals surface area contributed by atoms with Gasteiger partial charge in [-0.15, -0.1) is 0 Å². The summed E-state index contributed by atoms with van der Waals surface area (Å²) in [7, 11) is 0. The normalized spacial score (nSPS) is 12.1. The summed E-state index contributed by atoms with van der Waals surface area (Å²) in [4.78, 5) is 4.07. The molecular weight excluding hydrogens is 289 g/mol. The van der Waals surface area contributed by atoms with Gasteiger partial charge in [-0.1, -0.05) is 37.3 Å². The summed E-state index contributed by atoms with van der Waals surface area (Å²) < 4.78 is 13.5. The van der Waals surface area contributed by atoms with E-state index in [-0.39, 0.29) is 5.75 Å². The van der Waals surface area contributed by atoms with E-state index in [1.807, 2.05) is 36.7 Å². The van der Waals surface area contributed by atoms with Crippen LogP contribution < -0.4 is 0 Å². The Bertz CT molecular complexity index is 784. The largest absolute Gasteiger partial charge is 0.505 e. The van der Waals surface area contributed by atoms with Crippen LogP contribution in [0.25, 0.3) is 11.1 Å².